The topological polar surface area (TPSA) is 79.1 Å². The van der Waals surface area contributed by atoms with E-state index in [1.54, 1.807) is 36.6 Å². The number of aryl methyl sites for hydroxylation is 1. The molecule has 3 aromatic carbocycles. The first kappa shape index (κ1) is 32.0. The first-order chi connectivity index (χ1) is 21.1. The van der Waals surface area contributed by atoms with Crippen LogP contribution >= 0.6 is 50.5 Å². The van der Waals surface area contributed by atoms with E-state index < -0.39 is 12.0 Å². The number of esters is 1. The van der Waals surface area contributed by atoms with Gasteiger partial charge in [-0.25, -0.2) is 9.79 Å². The molecule has 0 saturated carbocycles. The van der Waals surface area contributed by atoms with Crippen molar-refractivity contribution in [3.05, 3.63) is 122 Å². The zero-order chi connectivity index (χ0) is 31.5. The molecule has 0 spiro atoms. The lowest BCUT2D eigenvalue weighted by Crippen LogP contribution is -2.39. The smallest absolute Gasteiger partial charge is 0.338 e. The van der Waals surface area contributed by atoms with Crippen molar-refractivity contribution in [1.29, 1.82) is 0 Å². The molecule has 0 aliphatic carbocycles. The van der Waals surface area contributed by atoms with Gasteiger partial charge in [0.2, 0.25) is 0 Å². The minimum atomic E-state index is -0.670. The highest BCUT2D eigenvalue weighted by atomic mass is 79.9. The fourth-order valence-electron chi connectivity index (χ4n) is 4.87. The number of carbonyl (C=O) groups is 1. The highest BCUT2D eigenvalue weighted by Gasteiger charge is 2.33. The second-order valence-electron chi connectivity index (χ2n) is 10.0. The number of benzene rings is 3. The summed E-state index contributed by atoms with van der Waals surface area (Å²) in [6, 6.07) is 16.1. The van der Waals surface area contributed by atoms with E-state index in [4.69, 9.17) is 37.4 Å². The summed E-state index contributed by atoms with van der Waals surface area (Å²) in [5, 5.41) is 0.918. The lowest BCUT2D eigenvalue weighted by molar-refractivity contribution is -0.139. The number of ether oxygens (including phenoxy) is 3. The Morgan fingerprint density at radius 2 is 1.77 bits per heavy atom. The van der Waals surface area contributed by atoms with Crippen LogP contribution in [0.1, 0.15) is 49.1 Å². The number of thiazole rings is 1. The molecule has 0 unspecified atom stereocenters. The molecule has 1 aromatic heterocycles. The molecule has 4 aromatic rings. The van der Waals surface area contributed by atoms with E-state index in [-0.39, 0.29) is 18.8 Å². The molecule has 1 aliphatic heterocycles. The van der Waals surface area contributed by atoms with Gasteiger partial charge in [-0.2, -0.15) is 0 Å². The van der Waals surface area contributed by atoms with Crippen molar-refractivity contribution in [3.63, 3.8) is 0 Å². The quantitative estimate of drug-likeness (QED) is 0.172. The molecule has 0 amide bonds. The number of aromatic nitrogens is 1. The van der Waals surface area contributed by atoms with E-state index in [0.717, 1.165) is 22.3 Å². The number of fused-ring (bicyclic) bond motifs is 1. The fourth-order valence-corrected chi connectivity index (χ4v) is 6.81. The molecule has 2 heterocycles. The average Bonchev–Trinajstić information content (AvgIpc) is 3.28. The number of hydrogen-bond donors (Lipinski definition) is 0. The van der Waals surface area contributed by atoms with Crippen molar-refractivity contribution >= 4 is 62.5 Å². The van der Waals surface area contributed by atoms with Crippen molar-refractivity contribution in [3.8, 4) is 11.5 Å². The van der Waals surface area contributed by atoms with Crippen LogP contribution in [0.2, 0.25) is 10.0 Å². The predicted octanol–water partition coefficient (Wildman–Crippen LogP) is 7.15. The third-order valence-electron chi connectivity index (χ3n) is 6.91. The first-order valence-electron chi connectivity index (χ1n) is 13.9. The third kappa shape index (κ3) is 6.66. The first-order valence-corrected chi connectivity index (χ1v) is 16.3. The van der Waals surface area contributed by atoms with Crippen molar-refractivity contribution < 1.29 is 19.0 Å². The van der Waals surface area contributed by atoms with Gasteiger partial charge in [-0.3, -0.25) is 9.36 Å². The van der Waals surface area contributed by atoms with E-state index in [9.17, 15) is 9.59 Å². The van der Waals surface area contributed by atoms with Crippen LogP contribution in [0.15, 0.2) is 80.1 Å². The highest BCUT2D eigenvalue weighted by Crippen LogP contribution is 2.38. The summed E-state index contributed by atoms with van der Waals surface area (Å²) in [5.74, 6) is 0.542. The molecule has 7 nitrogen and oxygen atoms in total. The number of hydrogen-bond acceptors (Lipinski definition) is 7. The summed E-state index contributed by atoms with van der Waals surface area (Å²) in [7, 11) is 0. The zero-order valence-corrected chi connectivity index (χ0v) is 28.4. The number of rotatable bonds is 9. The van der Waals surface area contributed by atoms with Crippen LogP contribution in [-0.4, -0.2) is 23.8 Å². The molecule has 44 heavy (non-hydrogen) atoms. The van der Waals surface area contributed by atoms with Crippen LogP contribution < -0.4 is 24.4 Å². The van der Waals surface area contributed by atoms with Crippen LogP contribution in [0.3, 0.4) is 0 Å². The second kappa shape index (κ2) is 13.7. The fraction of sp³-hybridized carbons (Fsp3) is 0.242. The van der Waals surface area contributed by atoms with Crippen LogP contribution in [-0.2, 0) is 16.1 Å². The Hall–Kier alpha value is -3.37. The van der Waals surface area contributed by atoms with Crippen molar-refractivity contribution in [2.75, 3.05) is 13.2 Å². The van der Waals surface area contributed by atoms with Gasteiger partial charge in [-0.15, -0.1) is 0 Å². The van der Waals surface area contributed by atoms with Crippen molar-refractivity contribution in [1.82, 2.24) is 4.57 Å². The Kier molecular flexibility index (Phi) is 10.00. The molecular formula is C33H29BrCl2N2O5S. The Labute approximate surface area is 277 Å². The number of nitrogens with zero attached hydrogens (tertiary/aromatic N) is 2. The Balaban J connectivity index is 1.57. The molecule has 5 rings (SSSR count). The van der Waals surface area contributed by atoms with E-state index in [1.807, 2.05) is 56.3 Å². The lowest BCUT2D eigenvalue weighted by Gasteiger charge is -2.24. The molecule has 0 N–H and O–H groups in total. The maximum absolute atomic E-state index is 14.0. The van der Waals surface area contributed by atoms with Gasteiger partial charge in [-0.05, 0) is 90.7 Å². The zero-order valence-electron chi connectivity index (χ0n) is 24.4. The highest BCUT2D eigenvalue weighted by molar-refractivity contribution is 9.10. The molecule has 0 fully saturated rings. The summed E-state index contributed by atoms with van der Waals surface area (Å²) in [6.45, 7) is 8.26. The molecule has 0 saturated heterocycles. The minimum Gasteiger partial charge on any atom is -0.490 e. The molecule has 1 aliphatic rings. The molecule has 11 heteroatoms. The molecule has 0 bridgehead atoms. The number of halogens is 3. The minimum absolute atomic E-state index is 0.213. The molecule has 0 radical (unpaired) electrons. The average molecular weight is 716 g/mol. The monoisotopic (exact) mass is 714 g/mol. The van der Waals surface area contributed by atoms with Crippen LogP contribution in [0.5, 0.6) is 11.5 Å². The van der Waals surface area contributed by atoms with Gasteiger partial charge in [0.05, 0.1) is 49.6 Å². The SMILES string of the molecule is CCOC(=O)C1=C(C)N=c2s/c(=C\c3cc(Br)c(OCc4ccc(Cl)c(Cl)c4)c(OCC)c3)c(=O)n2[C@H]1c1ccc(C)cc1. The molecule has 1 atom stereocenters. The Morgan fingerprint density at radius 3 is 2.45 bits per heavy atom. The van der Waals surface area contributed by atoms with Gasteiger partial charge in [0, 0.05) is 0 Å². The molecular weight excluding hydrogens is 687 g/mol. The predicted molar refractivity (Wildman–Crippen MR) is 178 cm³/mol. The van der Waals surface area contributed by atoms with Gasteiger partial charge in [0.25, 0.3) is 5.56 Å². The summed E-state index contributed by atoms with van der Waals surface area (Å²) in [4.78, 5) is 32.3. The standard InChI is InChI=1S/C33H29BrCl2N2O5S/c1-5-41-26-15-21(13-23(34)30(26)43-17-20-9-12-24(35)25(36)14-20)16-27-31(39)38-29(22-10-7-18(3)8-11-22)28(32(40)42-6-2)19(4)37-33(38)44-27/h7-16,29H,5-6,17H2,1-4H3/b27-16-/t29-/m0/s1. The van der Waals surface area contributed by atoms with Gasteiger partial charge in [0.1, 0.15) is 6.61 Å². The van der Waals surface area contributed by atoms with E-state index in [1.165, 1.54) is 11.3 Å². The van der Waals surface area contributed by atoms with Gasteiger partial charge in [0.15, 0.2) is 16.3 Å². The summed E-state index contributed by atoms with van der Waals surface area (Å²) < 4.78 is 20.1. The largest absolute Gasteiger partial charge is 0.490 e. The van der Waals surface area contributed by atoms with Gasteiger partial charge < -0.3 is 14.2 Å². The summed E-state index contributed by atoms with van der Waals surface area (Å²) in [5.41, 5.74) is 4.04. The third-order valence-corrected chi connectivity index (χ3v) is 9.22. The van der Waals surface area contributed by atoms with Gasteiger partial charge in [-0.1, -0.05) is 70.4 Å². The van der Waals surface area contributed by atoms with Gasteiger partial charge >= 0.3 is 5.97 Å². The second-order valence-corrected chi connectivity index (χ2v) is 12.7. The van der Waals surface area contributed by atoms with E-state index in [0.29, 0.717) is 53.2 Å². The molecule has 228 valence electrons. The van der Waals surface area contributed by atoms with Crippen molar-refractivity contribution in [2.45, 2.75) is 40.3 Å². The summed E-state index contributed by atoms with van der Waals surface area (Å²) in [6.07, 6.45) is 1.79. The van der Waals surface area contributed by atoms with Crippen LogP contribution in [0, 0.1) is 6.92 Å². The number of allylic oxidation sites excluding steroid dienone is 1. The summed E-state index contributed by atoms with van der Waals surface area (Å²) >= 11 is 17.1. The number of carbonyl (C=O) groups excluding carboxylic acids is 1. The normalized spacial score (nSPS) is 14.7. The van der Waals surface area contributed by atoms with Crippen molar-refractivity contribution in [2.24, 2.45) is 4.99 Å². The Morgan fingerprint density at radius 1 is 1.02 bits per heavy atom. The van der Waals surface area contributed by atoms with Crippen LogP contribution in [0.25, 0.3) is 6.08 Å². The van der Waals surface area contributed by atoms with Crippen LogP contribution in [0.4, 0.5) is 0 Å². The maximum atomic E-state index is 14.0. The van der Waals surface area contributed by atoms with E-state index >= 15 is 0 Å². The maximum Gasteiger partial charge on any atom is 0.338 e. The lowest BCUT2D eigenvalue weighted by atomic mass is 9.95. The Bertz CT molecular complexity index is 1950. The van der Waals surface area contributed by atoms with E-state index in [2.05, 4.69) is 20.9 Å².